The van der Waals surface area contributed by atoms with Gasteiger partial charge in [0, 0.05) is 19.2 Å². The van der Waals surface area contributed by atoms with E-state index in [-0.39, 0.29) is 12.8 Å². The highest BCUT2D eigenvalue weighted by atomic mass is 16.3. The fourth-order valence-electron chi connectivity index (χ4n) is 2.79. The van der Waals surface area contributed by atoms with Crippen molar-refractivity contribution in [3.63, 3.8) is 0 Å². The van der Waals surface area contributed by atoms with Gasteiger partial charge in [0.2, 0.25) is 0 Å². The molecule has 1 unspecified atom stereocenters. The Kier molecular flexibility index (Phi) is 2.86. The monoisotopic (exact) mass is 185 g/mol. The lowest BCUT2D eigenvalue weighted by Gasteiger charge is -2.46. The van der Waals surface area contributed by atoms with Crippen LogP contribution in [-0.2, 0) is 0 Å². The van der Waals surface area contributed by atoms with Crippen molar-refractivity contribution in [2.24, 2.45) is 5.92 Å². The smallest absolute Gasteiger partial charge is 0.107 e. The third-order valence-electron chi connectivity index (χ3n) is 3.55. The van der Waals surface area contributed by atoms with Gasteiger partial charge in [0.1, 0.15) is 6.23 Å². The molecule has 13 heavy (non-hydrogen) atoms. The van der Waals surface area contributed by atoms with E-state index in [1.54, 1.807) is 0 Å². The van der Waals surface area contributed by atoms with E-state index in [1.807, 2.05) is 0 Å². The molecule has 0 aromatic heterocycles. The van der Waals surface area contributed by atoms with Gasteiger partial charge in [-0.3, -0.25) is 4.90 Å². The number of aliphatic hydroxyl groups excluding tert-OH is 2. The number of hydrogen-bond acceptors (Lipinski definition) is 3. The summed E-state index contributed by atoms with van der Waals surface area (Å²) in [5.41, 5.74) is 0. The lowest BCUT2D eigenvalue weighted by Crippen LogP contribution is -2.54. The van der Waals surface area contributed by atoms with Crippen LogP contribution in [0.15, 0.2) is 0 Å². The molecule has 0 saturated carbocycles. The SMILES string of the molecule is OC[C@H]1CC[C@H](O)N2CCCCC12. The van der Waals surface area contributed by atoms with Crippen molar-refractivity contribution in [2.45, 2.75) is 44.4 Å². The summed E-state index contributed by atoms with van der Waals surface area (Å²) in [6.07, 6.45) is 5.19. The summed E-state index contributed by atoms with van der Waals surface area (Å²) in [5.74, 6) is 0.406. The highest BCUT2D eigenvalue weighted by Gasteiger charge is 2.36. The van der Waals surface area contributed by atoms with Gasteiger partial charge in [-0.2, -0.15) is 0 Å². The fraction of sp³-hybridized carbons (Fsp3) is 1.00. The van der Waals surface area contributed by atoms with Crippen LogP contribution in [0.5, 0.6) is 0 Å². The van der Waals surface area contributed by atoms with Crippen LogP contribution in [0.1, 0.15) is 32.1 Å². The first-order valence-electron chi connectivity index (χ1n) is 5.37. The summed E-state index contributed by atoms with van der Waals surface area (Å²) in [6.45, 7) is 1.30. The van der Waals surface area contributed by atoms with E-state index in [1.165, 1.54) is 12.8 Å². The van der Waals surface area contributed by atoms with Crippen LogP contribution in [0.2, 0.25) is 0 Å². The average Bonchev–Trinajstić information content (AvgIpc) is 2.19. The van der Waals surface area contributed by atoms with Gasteiger partial charge >= 0.3 is 0 Å². The Labute approximate surface area is 79.4 Å². The molecule has 2 rings (SSSR count). The lowest BCUT2D eigenvalue weighted by molar-refractivity contribution is -0.100. The molecule has 3 nitrogen and oxygen atoms in total. The zero-order valence-corrected chi connectivity index (χ0v) is 8.02. The molecule has 0 spiro atoms. The van der Waals surface area contributed by atoms with Gasteiger partial charge in [-0.05, 0) is 31.6 Å². The third kappa shape index (κ3) is 1.73. The number of fused-ring (bicyclic) bond motifs is 1. The predicted molar refractivity (Wildman–Crippen MR) is 50.2 cm³/mol. The van der Waals surface area contributed by atoms with Gasteiger partial charge in [-0.25, -0.2) is 0 Å². The van der Waals surface area contributed by atoms with Crippen molar-refractivity contribution in [3.8, 4) is 0 Å². The molecular weight excluding hydrogens is 166 g/mol. The summed E-state index contributed by atoms with van der Waals surface area (Å²) < 4.78 is 0. The van der Waals surface area contributed by atoms with Crippen LogP contribution in [0.25, 0.3) is 0 Å². The number of hydrogen-bond donors (Lipinski definition) is 2. The maximum atomic E-state index is 9.76. The molecule has 3 atom stereocenters. The molecule has 2 aliphatic rings. The van der Waals surface area contributed by atoms with Crippen LogP contribution in [0, 0.1) is 5.92 Å². The second-order valence-corrected chi connectivity index (χ2v) is 4.30. The van der Waals surface area contributed by atoms with E-state index < -0.39 is 0 Å². The Hall–Kier alpha value is -0.120. The second kappa shape index (κ2) is 3.95. The van der Waals surface area contributed by atoms with Gasteiger partial charge in [-0.1, -0.05) is 6.42 Å². The molecule has 76 valence electrons. The van der Waals surface area contributed by atoms with Gasteiger partial charge < -0.3 is 10.2 Å². The van der Waals surface area contributed by atoms with Crippen molar-refractivity contribution in [3.05, 3.63) is 0 Å². The number of piperidine rings is 2. The predicted octanol–water partition coefficient (Wildman–Crippen LogP) is 0.562. The third-order valence-corrected chi connectivity index (χ3v) is 3.55. The van der Waals surface area contributed by atoms with E-state index in [9.17, 15) is 10.2 Å². The fourth-order valence-corrected chi connectivity index (χ4v) is 2.79. The molecule has 2 aliphatic heterocycles. The van der Waals surface area contributed by atoms with E-state index in [0.717, 1.165) is 25.8 Å². The molecule has 0 aromatic rings. The summed E-state index contributed by atoms with van der Waals surface area (Å²) >= 11 is 0. The molecule has 2 N–H and O–H groups in total. The van der Waals surface area contributed by atoms with Crippen molar-refractivity contribution < 1.29 is 10.2 Å². The minimum atomic E-state index is -0.243. The maximum Gasteiger partial charge on any atom is 0.107 e. The van der Waals surface area contributed by atoms with Crippen molar-refractivity contribution >= 4 is 0 Å². The summed E-state index contributed by atoms with van der Waals surface area (Å²) in [5, 5.41) is 19.0. The topological polar surface area (TPSA) is 43.7 Å². The number of aliphatic hydroxyl groups is 2. The minimum absolute atomic E-state index is 0.243. The Bertz CT molecular complexity index is 174. The van der Waals surface area contributed by atoms with Gasteiger partial charge in [0.25, 0.3) is 0 Å². The molecule has 2 saturated heterocycles. The zero-order valence-electron chi connectivity index (χ0n) is 8.02. The van der Waals surface area contributed by atoms with Crippen molar-refractivity contribution in [1.82, 2.24) is 4.90 Å². The Morgan fingerprint density at radius 3 is 2.77 bits per heavy atom. The molecule has 0 bridgehead atoms. The molecule has 0 amide bonds. The summed E-state index contributed by atoms with van der Waals surface area (Å²) in [6, 6.07) is 0.447. The first kappa shape index (κ1) is 9.44. The van der Waals surface area contributed by atoms with Crippen LogP contribution in [0.3, 0.4) is 0 Å². The molecule has 2 heterocycles. The molecule has 0 aromatic carbocycles. The van der Waals surface area contributed by atoms with Crippen LogP contribution in [-0.4, -0.2) is 40.5 Å². The first-order valence-corrected chi connectivity index (χ1v) is 5.37. The van der Waals surface area contributed by atoms with Crippen molar-refractivity contribution in [1.29, 1.82) is 0 Å². The van der Waals surface area contributed by atoms with Crippen molar-refractivity contribution in [2.75, 3.05) is 13.2 Å². The quantitative estimate of drug-likeness (QED) is 0.627. The van der Waals surface area contributed by atoms with E-state index >= 15 is 0 Å². The Morgan fingerprint density at radius 2 is 2.00 bits per heavy atom. The Balaban J connectivity index is 2.05. The maximum absolute atomic E-state index is 9.76. The van der Waals surface area contributed by atoms with E-state index in [2.05, 4.69) is 4.90 Å². The minimum Gasteiger partial charge on any atom is -0.396 e. The highest BCUT2D eigenvalue weighted by molar-refractivity contribution is 4.88. The largest absolute Gasteiger partial charge is 0.396 e. The molecule has 2 fully saturated rings. The second-order valence-electron chi connectivity index (χ2n) is 4.30. The summed E-state index contributed by atoms with van der Waals surface area (Å²) in [7, 11) is 0. The highest BCUT2D eigenvalue weighted by Crippen LogP contribution is 2.32. The standard InChI is InChI=1S/C10H19NO2/c12-7-8-4-5-10(13)11-6-2-1-3-9(8)11/h8-10,12-13H,1-7H2/t8-,9?,10+/m1/s1. The number of rotatable bonds is 1. The average molecular weight is 185 g/mol. The molecule has 3 heteroatoms. The normalized spacial score (nSPS) is 41.5. The van der Waals surface area contributed by atoms with E-state index in [0.29, 0.717) is 12.0 Å². The number of nitrogens with zero attached hydrogens (tertiary/aromatic N) is 1. The lowest BCUT2D eigenvalue weighted by atomic mass is 9.83. The Morgan fingerprint density at radius 1 is 1.15 bits per heavy atom. The van der Waals surface area contributed by atoms with Crippen LogP contribution < -0.4 is 0 Å². The molecular formula is C10H19NO2. The zero-order chi connectivity index (χ0) is 9.26. The van der Waals surface area contributed by atoms with Gasteiger partial charge in [-0.15, -0.1) is 0 Å². The van der Waals surface area contributed by atoms with E-state index in [4.69, 9.17) is 0 Å². The summed E-state index contributed by atoms with van der Waals surface area (Å²) in [4.78, 5) is 2.19. The van der Waals surface area contributed by atoms with Crippen LogP contribution in [0.4, 0.5) is 0 Å². The molecule has 0 radical (unpaired) electrons. The first-order chi connectivity index (χ1) is 6.33. The molecule has 0 aliphatic carbocycles. The van der Waals surface area contributed by atoms with Crippen LogP contribution >= 0.6 is 0 Å². The van der Waals surface area contributed by atoms with Gasteiger partial charge in [0.15, 0.2) is 0 Å². The van der Waals surface area contributed by atoms with Gasteiger partial charge in [0.05, 0.1) is 0 Å².